The zero-order chi connectivity index (χ0) is 6.28. The standard InChI is InChI=1S/C2H5NO2.ClH.O.Zr/c3-1-2(4)5;;;/h1,3H2,(H,4,5);1H;;/q;;;+2/p-2. The van der Waals surface area contributed by atoms with Crippen molar-refractivity contribution in [1.29, 1.82) is 0 Å². The van der Waals surface area contributed by atoms with E-state index in [0.717, 1.165) is 0 Å². The summed E-state index contributed by atoms with van der Waals surface area (Å²) in [6.07, 6.45) is 0. The molecule has 0 atom stereocenters. The number of rotatable bonds is 1. The van der Waals surface area contributed by atoms with Gasteiger partial charge in [-0.15, -0.1) is 0 Å². The molecule has 2 N–H and O–H groups in total. The molecule has 0 saturated carbocycles. The minimum absolute atomic E-state index is 0. The average molecular weight is 217 g/mol. The maximum absolute atomic E-state index is 9.13. The number of carbonyl (C=O) groups is 1. The summed E-state index contributed by atoms with van der Waals surface area (Å²) in [6.45, 7) is -0.389. The summed E-state index contributed by atoms with van der Waals surface area (Å²) >= 11 is 0.300. The zero-order valence-corrected chi connectivity index (χ0v) is 7.10. The van der Waals surface area contributed by atoms with Gasteiger partial charge in [0.05, 0.1) is 5.97 Å². The molecule has 0 radical (unpaired) electrons. The van der Waals surface area contributed by atoms with Gasteiger partial charge in [-0.2, -0.15) is 0 Å². The van der Waals surface area contributed by atoms with Crippen LogP contribution in [0.2, 0.25) is 0 Å². The van der Waals surface area contributed by atoms with Gasteiger partial charge in [0.25, 0.3) is 0 Å². The molecule has 0 aliphatic rings. The second-order valence-electron chi connectivity index (χ2n) is 0.576. The van der Waals surface area contributed by atoms with Crippen LogP contribution in [-0.4, -0.2) is 12.5 Å². The fourth-order valence-electron chi connectivity index (χ4n) is 0. The third-order valence-electron chi connectivity index (χ3n) is 0.167. The third-order valence-corrected chi connectivity index (χ3v) is 0.167. The van der Waals surface area contributed by atoms with Gasteiger partial charge in [0.15, 0.2) is 0 Å². The van der Waals surface area contributed by atoms with Gasteiger partial charge in [0.2, 0.25) is 0 Å². The van der Waals surface area contributed by atoms with Gasteiger partial charge in [-0.1, -0.05) is 0 Å². The van der Waals surface area contributed by atoms with Crippen LogP contribution < -0.4 is 23.2 Å². The van der Waals surface area contributed by atoms with Crippen molar-refractivity contribution in [3.63, 3.8) is 0 Å². The van der Waals surface area contributed by atoms with Crippen LogP contribution in [0, 0.1) is 0 Å². The molecule has 0 saturated heterocycles. The summed E-state index contributed by atoms with van der Waals surface area (Å²) in [4.78, 5) is 9.13. The molecule has 0 unspecified atom stereocenters. The fourth-order valence-corrected chi connectivity index (χ4v) is 0. The van der Waals surface area contributed by atoms with E-state index in [1.807, 2.05) is 0 Å². The van der Waals surface area contributed by atoms with E-state index in [-0.39, 0.29) is 19.0 Å². The van der Waals surface area contributed by atoms with Gasteiger partial charge >= 0.3 is 27.5 Å². The number of carboxylic acids is 1. The molecular weight excluding hydrogens is 213 g/mol. The molecule has 0 aromatic carbocycles. The van der Waals surface area contributed by atoms with Crippen LogP contribution in [0.1, 0.15) is 0 Å². The first-order chi connectivity index (χ1) is 3.27. The Labute approximate surface area is 68.1 Å². The van der Waals surface area contributed by atoms with Crippen molar-refractivity contribution in [3.8, 4) is 0 Å². The van der Waals surface area contributed by atoms with E-state index < -0.39 is 5.97 Å². The van der Waals surface area contributed by atoms with E-state index in [0.29, 0.717) is 24.7 Å². The Hall–Kier alpha value is 0.403. The number of carboxylic acid groups (broad SMARTS) is 1. The van der Waals surface area contributed by atoms with E-state index in [2.05, 4.69) is 5.73 Å². The molecule has 6 heteroatoms. The quantitative estimate of drug-likeness (QED) is 0.474. The van der Waals surface area contributed by atoms with Gasteiger partial charge in [-0.25, -0.2) is 0 Å². The summed E-state index contributed by atoms with van der Waals surface area (Å²) in [7, 11) is 0. The van der Waals surface area contributed by atoms with Crippen molar-refractivity contribution in [3.05, 3.63) is 0 Å². The van der Waals surface area contributed by atoms with Crippen LogP contribution in [-0.2, 0) is 32.3 Å². The average Bonchev–Trinajstić information content (AvgIpc) is 1.73. The summed E-state index contributed by atoms with van der Waals surface area (Å²) in [6, 6.07) is 0. The monoisotopic (exact) mass is 215 g/mol. The van der Waals surface area contributed by atoms with Crippen molar-refractivity contribution in [2.45, 2.75) is 0 Å². The van der Waals surface area contributed by atoms with E-state index in [4.69, 9.17) is 12.7 Å². The second-order valence-corrected chi connectivity index (χ2v) is 0.576. The zero-order valence-electron chi connectivity index (χ0n) is 3.89. The predicted molar refractivity (Wildman–Crippen MR) is 14.7 cm³/mol. The van der Waals surface area contributed by atoms with E-state index in [1.54, 1.807) is 0 Å². The molecule has 0 fully saturated rings. The number of carbonyl (C=O) groups excluding carboxylic acids is 1. The van der Waals surface area contributed by atoms with Crippen LogP contribution in [0.25, 0.3) is 0 Å². The summed E-state index contributed by atoms with van der Waals surface area (Å²) in [5.74, 6) is -1.22. The Bertz CT molecular complexity index is 61.2. The van der Waals surface area contributed by atoms with Crippen molar-refractivity contribution in [1.82, 2.24) is 0 Å². The van der Waals surface area contributed by atoms with Gasteiger partial charge in [0.1, 0.15) is 0 Å². The maximum atomic E-state index is 9.13. The van der Waals surface area contributed by atoms with E-state index in [1.165, 1.54) is 0 Å². The first kappa shape index (κ1) is 15.8. The molecule has 4 nitrogen and oxygen atoms in total. The second kappa shape index (κ2) is 15.7. The topological polar surface area (TPSA) is 83.2 Å². The number of nitrogens with two attached hydrogens (primary N) is 1. The van der Waals surface area contributed by atoms with Crippen LogP contribution in [0.3, 0.4) is 0 Å². The molecule has 46 valence electrons. The van der Waals surface area contributed by atoms with Crippen LogP contribution in [0.5, 0.6) is 0 Å². The van der Waals surface area contributed by atoms with Gasteiger partial charge in [-0.3, -0.25) is 0 Å². The van der Waals surface area contributed by atoms with E-state index in [9.17, 15) is 0 Å². The molecule has 0 aromatic rings. The summed E-state index contributed by atoms with van der Waals surface area (Å²) < 4.78 is 8.34. The summed E-state index contributed by atoms with van der Waals surface area (Å²) in [5.41, 5.74) is 4.51. The van der Waals surface area contributed by atoms with Crippen LogP contribution in [0.15, 0.2) is 0 Å². The number of hydrogen-bond acceptors (Lipinski definition) is 4. The Kier molecular flexibility index (Phi) is 30.9. The van der Waals surface area contributed by atoms with Gasteiger partial charge in [0, 0.05) is 6.54 Å². The first-order valence-electron chi connectivity index (χ1n) is 1.37. The third kappa shape index (κ3) is 32.4. The molecule has 0 bridgehead atoms. The molecule has 0 spiro atoms. The molecule has 0 amide bonds. The van der Waals surface area contributed by atoms with Gasteiger partial charge < -0.3 is 28.0 Å². The van der Waals surface area contributed by atoms with Crippen molar-refractivity contribution in [2.24, 2.45) is 5.73 Å². The SMILES string of the molecule is NCC(=O)[O-].[Cl-].[O]=[Zr+2]. The Morgan fingerprint density at radius 2 is 1.75 bits per heavy atom. The van der Waals surface area contributed by atoms with Crippen molar-refractivity contribution >= 4 is 5.97 Å². The first-order valence-corrected chi connectivity index (χ1v) is 2.38. The Morgan fingerprint density at radius 3 is 1.75 bits per heavy atom. The normalized spacial score (nSPS) is 5.38. The molecule has 0 aliphatic carbocycles. The molecule has 0 aromatic heterocycles. The van der Waals surface area contributed by atoms with E-state index >= 15 is 0 Å². The molecule has 0 heterocycles. The van der Waals surface area contributed by atoms with Crippen LogP contribution in [0.4, 0.5) is 0 Å². The Morgan fingerprint density at radius 1 is 1.62 bits per heavy atom. The molecule has 0 aliphatic heterocycles. The molecular formula is C2H4ClNO3Zr. The fraction of sp³-hybridized carbons (Fsp3) is 0.500. The number of halogens is 1. The van der Waals surface area contributed by atoms with Crippen molar-refractivity contribution in [2.75, 3.05) is 6.54 Å². The Balaban J connectivity index is -0.0000000750. The summed E-state index contributed by atoms with van der Waals surface area (Å²) in [5, 5.41) is 9.13. The number of hydrogen-bond donors (Lipinski definition) is 1. The number of aliphatic carboxylic acids is 1. The van der Waals surface area contributed by atoms with Gasteiger partial charge in [-0.05, 0) is 0 Å². The minimum atomic E-state index is -1.22. The molecule has 0 rings (SSSR count). The van der Waals surface area contributed by atoms with Crippen LogP contribution >= 0.6 is 0 Å². The molecule has 8 heavy (non-hydrogen) atoms. The predicted octanol–water partition coefficient (Wildman–Crippen LogP) is -5.42. The van der Waals surface area contributed by atoms with Crippen molar-refractivity contribution < 1.29 is 49.8 Å².